The smallest absolute Gasteiger partial charge is 0.115 e. The Bertz CT molecular complexity index is 834. The molecule has 0 saturated heterocycles. The van der Waals surface area contributed by atoms with Crippen LogP contribution in [0.4, 0.5) is 0 Å². The van der Waals surface area contributed by atoms with Crippen LogP contribution in [-0.2, 0) is 11.2 Å². The van der Waals surface area contributed by atoms with E-state index in [4.69, 9.17) is 16.3 Å². The van der Waals surface area contributed by atoms with E-state index in [0.29, 0.717) is 18.6 Å². The number of hydrogen-bond donors (Lipinski definition) is 2. The molecule has 0 bridgehead atoms. The lowest BCUT2D eigenvalue weighted by Crippen LogP contribution is -2.34. The van der Waals surface area contributed by atoms with Crippen molar-refractivity contribution in [1.82, 2.24) is 10.3 Å². The van der Waals surface area contributed by atoms with Crippen molar-refractivity contribution in [2.75, 3.05) is 13.2 Å². The first-order valence-corrected chi connectivity index (χ1v) is 8.79. The molecule has 0 saturated carbocycles. The first kappa shape index (κ1) is 15.6. The van der Waals surface area contributed by atoms with Gasteiger partial charge in [-0.25, -0.2) is 0 Å². The summed E-state index contributed by atoms with van der Waals surface area (Å²) < 4.78 is 5.61. The summed E-state index contributed by atoms with van der Waals surface area (Å²) in [4.78, 5) is 3.62. The highest BCUT2D eigenvalue weighted by Crippen LogP contribution is 2.37. The summed E-state index contributed by atoms with van der Waals surface area (Å²) in [5.74, 6) is 1.36. The third-order valence-electron chi connectivity index (χ3n) is 4.85. The number of halogens is 1. The van der Waals surface area contributed by atoms with E-state index in [1.165, 1.54) is 22.2 Å². The highest BCUT2D eigenvalue weighted by Gasteiger charge is 2.29. The molecule has 1 aliphatic carbocycles. The average molecular weight is 341 g/mol. The molecular formula is C20H21ClN2O. The third kappa shape index (κ3) is 2.79. The maximum Gasteiger partial charge on any atom is 0.115 e. The largest absolute Gasteiger partial charge is 0.490 e. The second-order valence-corrected chi connectivity index (χ2v) is 6.79. The minimum absolute atomic E-state index is 0.299. The zero-order chi connectivity index (χ0) is 16.5. The molecule has 2 aromatic rings. The summed E-state index contributed by atoms with van der Waals surface area (Å²) in [6, 6.07) is 6.39. The van der Waals surface area contributed by atoms with Crippen LogP contribution in [0.15, 0.2) is 54.8 Å². The lowest BCUT2D eigenvalue weighted by molar-refractivity contribution is 0.255. The molecular weight excluding hydrogens is 320 g/mol. The molecule has 2 atom stereocenters. The van der Waals surface area contributed by atoms with Gasteiger partial charge in [0, 0.05) is 27.5 Å². The van der Waals surface area contributed by atoms with Gasteiger partial charge in [-0.05, 0) is 55.3 Å². The number of rotatable bonds is 4. The first-order chi connectivity index (χ1) is 11.8. The van der Waals surface area contributed by atoms with Gasteiger partial charge < -0.3 is 15.0 Å². The fraction of sp³-hybridized carbons (Fsp3) is 0.300. The molecule has 2 heterocycles. The fourth-order valence-electron chi connectivity index (χ4n) is 3.72. The Kier molecular flexibility index (Phi) is 4.21. The number of aromatic amines is 1. The second kappa shape index (κ2) is 6.50. The van der Waals surface area contributed by atoms with Crippen molar-refractivity contribution in [3.05, 3.63) is 71.1 Å². The molecule has 2 aliphatic rings. The van der Waals surface area contributed by atoms with E-state index in [1.54, 1.807) is 6.08 Å². The lowest BCUT2D eigenvalue weighted by atomic mass is 9.86. The van der Waals surface area contributed by atoms with Gasteiger partial charge in [-0.1, -0.05) is 30.3 Å². The summed E-state index contributed by atoms with van der Waals surface area (Å²) in [5, 5.41) is 5.73. The van der Waals surface area contributed by atoms with Crippen molar-refractivity contribution in [3.63, 3.8) is 0 Å². The predicted octanol–water partition coefficient (Wildman–Crippen LogP) is 4.67. The van der Waals surface area contributed by atoms with Gasteiger partial charge in [-0.3, -0.25) is 0 Å². The molecule has 1 aromatic heterocycles. The van der Waals surface area contributed by atoms with Gasteiger partial charge in [0.2, 0.25) is 0 Å². The zero-order valence-corrected chi connectivity index (χ0v) is 14.3. The molecule has 1 unspecified atom stereocenters. The Morgan fingerprint density at radius 3 is 3.08 bits per heavy atom. The molecule has 1 aliphatic heterocycles. The van der Waals surface area contributed by atoms with Crippen LogP contribution in [0.3, 0.4) is 0 Å². The van der Waals surface area contributed by atoms with Crippen molar-refractivity contribution >= 4 is 22.5 Å². The Balaban J connectivity index is 1.61. The van der Waals surface area contributed by atoms with Gasteiger partial charge >= 0.3 is 0 Å². The number of hydrogen-bond acceptors (Lipinski definition) is 2. The van der Waals surface area contributed by atoms with E-state index < -0.39 is 0 Å². The third-order valence-corrected chi connectivity index (χ3v) is 5.08. The molecule has 124 valence electrons. The summed E-state index contributed by atoms with van der Waals surface area (Å²) in [6.07, 6.45) is 10.3. The maximum atomic E-state index is 6.19. The molecule has 0 radical (unpaired) electrons. The van der Waals surface area contributed by atoms with Crippen LogP contribution in [0.1, 0.15) is 23.7 Å². The summed E-state index contributed by atoms with van der Waals surface area (Å²) in [5.41, 5.74) is 3.88. The highest BCUT2D eigenvalue weighted by atomic mass is 35.5. The quantitative estimate of drug-likeness (QED) is 0.793. The number of H-pyrrole nitrogens is 1. The molecule has 2 N–H and O–H groups in total. The van der Waals surface area contributed by atoms with E-state index in [2.05, 4.69) is 47.2 Å². The van der Waals surface area contributed by atoms with Crippen LogP contribution >= 0.6 is 11.6 Å². The number of nitrogens with one attached hydrogen (secondary N) is 2. The van der Waals surface area contributed by atoms with Crippen LogP contribution in [0.2, 0.25) is 5.02 Å². The Labute approximate surface area is 147 Å². The van der Waals surface area contributed by atoms with Crippen molar-refractivity contribution in [3.8, 4) is 0 Å². The van der Waals surface area contributed by atoms with Gasteiger partial charge in [-0.2, -0.15) is 0 Å². The molecule has 0 spiro atoms. The Morgan fingerprint density at radius 1 is 1.38 bits per heavy atom. The molecule has 1 aromatic carbocycles. The van der Waals surface area contributed by atoms with E-state index in [0.717, 1.165) is 30.2 Å². The summed E-state index contributed by atoms with van der Waals surface area (Å²) in [6.45, 7) is 5.23. The summed E-state index contributed by atoms with van der Waals surface area (Å²) >= 11 is 6.19. The van der Waals surface area contributed by atoms with Gasteiger partial charge in [0.05, 0.1) is 6.04 Å². The number of aromatic nitrogens is 1. The van der Waals surface area contributed by atoms with Crippen LogP contribution in [0, 0.1) is 5.92 Å². The maximum absolute atomic E-state index is 6.19. The minimum Gasteiger partial charge on any atom is -0.490 e. The zero-order valence-electron chi connectivity index (χ0n) is 13.5. The van der Waals surface area contributed by atoms with Crippen LogP contribution in [0.25, 0.3) is 10.9 Å². The van der Waals surface area contributed by atoms with E-state index in [-0.39, 0.29) is 0 Å². The van der Waals surface area contributed by atoms with Crippen molar-refractivity contribution < 1.29 is 4.74 Å². The van der Waals surface area contributed by atoms with Gasteiger partial charge in [0.25, 0.3) is 0 Å². The first-order valence-electron chi connectivity index (χ1n) is 8.41. The van der Waals surface area contributed by atoms with E-state index >= 15 is 0 Å². The van der Waals surface area contributed by atoms with Crippen molar-refractivity contribution in [1.29, 1.82) is 0 Å². The van der Waals surface area contributed by atoms with Crippen LogP contribution in [0.5, 0.6) is 0 Å². The summed E-state index contributed by atoms with van der Waals surface area (Å²) in [7, 11) is 0. The molecule has 24 heavy (non-hydrogen) atoms. The minimum atomic E-state index is 0.299. The average Bonchev–Trinajstić information content (AvgIpc) is 2.98. The number of benzene rings is 1. The molecule has 0 fully saturated rings. The number of ether oxygens (including phenoxy) is 1. The van der Waals surface area contributed by atoms with Gasteiger partial charge in [-0.15, -0.1) is 0 Å². The second-order valence-electron chi connectivity index (χ2n) is 6.35. The topological polar surface area (TPSA) is 37.0 Å². The molecule has 4 heteroatoms. The number of fused-ring (bicyclic) bond motifs is 3. The van der Waals surface area contributed by atoms with Crippen LogP contribution in [-0.4, -0.2) is 18.1 Å². The molecule has 0 amide bonds. The molecule has 3 nitrogen and oxygen atoms in total. The Hall–Kier alpha value is -1.97. The predicted molar refractivity (Wildman–Crippen MR) is 99.2 cm³/mol. The van der Waals surface area contributed by atoms with E-state index in [9.17, 15) is 0 Å². The Morgan fingerprint density at radius 2 is 2.29 bits per heavy atom. The normalized spacial score (nSPS) is 23.0. The van der Waals surface area contributed by atoms with Crippen LogP contribution < -0.4 is 5.32 Å². The lowest BCUT2D eigenvalue weighted by Gasteiger charge is -2.31. The standard InChI is InChI=1S/C20H21ClN2O/c1-2-11-24-15-6-3-13(4-7-15)19-20-16(9-10-22-19)17-12-14(21)5-8-18(17)23-20/h2-3,5-8,12-13,19,22-23H,1,4,9-11H2/t13?,19-/m0/s1. The fourth-order valence-corrected chi connectivity index (χ4v) is 3.89. The van der Waals surface area contributed by atoms with Gasteiger partial charge in [0.1, 0.15) is 12.4 Å². The number of allylic oxidation sites excluding steroid dienone is 2. The highest BCUT2D eigenvalue weighted by molar-refractivity contribution is 6.31. The molecule has 4 rings (SSSR count). The van der Waals surface area contributed by atoms with E-state index in [1.807, 2.05) is 6.07 Å². The van der Waals surface area contributed by atoms with Crippen molar-refractivity contribution in [2.24, 2.45) is 5.92 Å². The SMILES string of the molecule is C=CCOC1=CCC([C@@H]2NCCc3c2[nH]c2ccc(Cl)cc32)C=C1. The monoisotopic (exact) mass is 340 g/mol. The van der Waals surface area contributed by atoms with Gasteiger partial charge in [0.15, 0.2) is 0 Å². The van der Waals surface area contributed by atoms with Crippen molar-refractivity contribution in [2.45, 2.75) is 18.9 Å².